The van der Waals surface area contributed by atoms with Gasteiger partial charge in [0.2, 0.25) is 23.6 Å². The molecule has 1 unspecified atom stereocenters. The summed E-state index contributed by atoms with van der Waals surface area (Å²) in [4.78, 5) is 150. The number of pyridine rings is 2. The topological polar surface area (TPSA) is 296 Å². The van der Waals surface area contributed by atoms with E-state index in [1.807, 2.05) is 0 Å². The molecular weight excluding hydrogens is 1050 g/mol. The molecule has 5 N–H and O–H groups in total. The maximum Gasteiger partial charge on any atom is 0.343 e. The molecule has 3 aliphatic heterocycles. The molecule has 81 heavy (non-hydrogen) atoms. The fourth-order valence-corrected chi connectivity index (χ4v) is 10.9. The Bertz CT molecular complexity index is 3330. The zero-order valence-corrected chi connectivity index (χ0v) is 45.9. The Morgan fingerprint density at radius 1 is 0.877 bits per heavy atom. The molecule has 5 heterocycles. The lowest BCUT2D eigenvalue weighted by molar-refractivity contribution is -0.172. The van der Waals surface area contributed by atoms with Crippen LogP contribution in [0.5, 0.6) is 0 Å². The number of fused-ring (bicyclic) bond motifs is 5. The Labute approximate surface area is 465 Å². The van der Waals surface area contributed by atoms with Crippen molar-refractivity contribution in [2.24, 2.45) is 5.92 Å². The zero-order valence-electron chi connectivity index (χ0n) is 45.9. The molecule has 4 aromatic rings. The first kappa shape index (κ1) is 58.9. The fraction of sp³-hybridized carbons (Fsp3) is 0.458. The highest BCUT2D eigenvalue weighted by Crippen LogP contribution is 2.46. The van der Waals surface area contributed by atoms with E-state index in [1.165, 1.54) is 22.8 Å². The third-order valence-electron chi connectivity index (χ3n) is 15.1. The van der Waals surface area contributed by atoms with Crippen molar-refractivity contribution in [3.63, 3.8) is 0 Å². The number of ketones is 2. The van der Waals surface area contributed by atoms with Gasteiger partial charge in [0.25, 0.3) is 17.4 Å². The number of amides is 6. The fourth-order valence-electron chi connectivity index (χ4n) is 10.9. The van der Waals surface area contributed by atoms with Gasteiger partial charge in [0.1, 0.15) is 18.0 Å². The smallest absolute Gasteiger partial charge is 0.343 e. The van der Waals surface area contributed by atoms with Crippen LogP contribution in [0.25, 0.3) is 22.3 Å². The minimum atomic E-state index is -2.07. The van der Waals surface area contributed by atoms with Crippen LogP contribution < -0.4 is 26.8 Å². The van der Waals surface area contributed by atoms with Crippen LogP contribution in [0.4, 0.5) is 4.39 Å². The Morgan fingerprint density at radius 3 is 2.31 bits per heavy atom. The number of rotatable bonds is 24. The van der Waals surface area contributed by atoms with Crippen molar-refractivity contribution in [2.75, 3.05) is 19.6 Å². The number of Topliss-reactive ketones (excluding diaryl/α,β-unsaturated/α-hetero) is 2. The van der Waals surface area contributed by atoms with E-state index in [1.54, 1.807) is 71.0 Å². The van der Waals surface area contributed by atoms with Gasteiger partial charge in [-0.05, 0) is 94.5 Å². The van der Waals surface area contributed by atoms with Crippen molar-refractivity contribution in [2.45, 2.75) is 148 Å². The van der Waals surface area contributed by atoms with E-state index in [2.05, 4.69) is 21.3 Å². The molecular formula is C59H66FN7O14. The average molecular weight is 1120 g/mol. The summed E-state index contributed by atoms with van der Waals surface area (Å²) < 4.78 is 27.6. The van der Waals surface area contributed by atoms with Crippen LogP contribution >= 0.6 is 0 Å². The van der Waals surface area contributed by atoms with Gasteiger partial charge in [-0.3, -0.25) is 52.8 Å². The quantitative estimate of drug-likeness (QED) is 0.0334. The number of aromatic nitrogens is 2. The maximum atomic E-state index is 15.5. The lowest BCUT2D eigenvalue weighted by Gasteiger charge is -2.31. The van der Waals surface area contributed by atoms with E-state index in [4.69, 9.17) is 14.5 Å². The highest BCUT2D eigenvalue weighted by Gasteiger charge is 2.46. The molecule has 4 aliphatic rings. The molecule has 21 nitrogen and oxygen atoms in total. The van der Waals surface area contributed by atoms with Crippen molar-refractivity contribution in [1.29, 1.82) is 0 Å². The number of hydrogen-bond acceptors (Lipinski definition) is 15. The molecule has 2 aromatic carbocycles. The van der Waals surface area contributed by atoms with Crippen LogP contribution in [0, 0.1) is 18.7 Å². The third-order valence-corrected chi connectivity index (χ3v) is 15.1. The number of cyclic esters (lactones) is 1. The number of carbonyl (C=O) groups is 10. The van der Waals surface area contributed by atoms with Gasteiger partial charge in [0, 0.05) is 72.9 Å². The summed E-state index contributed by atoms with van der Waals surface area (Å²) in [5, 5.41) is 22.8. The first-order valence-corrected chi connectivity index (χ1v) is 27.2. The van der Waals surface area contributed by atoms with Crippen molar-refractivity contribution < 1.29 is 66.9 Å². The Kier molecular flexibility index (Phi) is 17.9. The predicted octanol–water partition coefficient (Wildman–Crippen LogP) is 3.73. The van der Waals surface area contributed by atoms with Crippen molar-refractivity contribution in [3.05, 3.63) is 110 Å². The van der Waals surface area contributed by atoms with Crippen LogP contribution in [-0.2, 0) is 89.0 Å². The summed E-state index contributed by atoms with van der Waals surface area (Å²) in [5.41, 5.74) is 0.762. The summed E-state index contributed by atoms with van der Waals surface area (Å²) in [5.74, 6) is -7.48. The third kappa shape index (κ3) is 13.3. The second-order valence-electron chi connectivity index (χ2n) is 21.9. The molecule has 0 fully saturated rings. The molecule has 8 rings (SSSR count). The number of esters is 2. The second-order valence-corrected chi connectivity index (χ2v) is 21.9. The Balaban J connectivity index is 0.883. The molecule has 2 aromatic heterocycles. The first-order chi connectivity index (χ1) is 38.5. The summed E-state index contributed by atoms with van der Waals surface area (Å²) in [7, 11) is 0. The predicted molar refractivity (Wildman–Crippen MR) is 289 cm³/mol. The van der Waals surface area contributed by atoms with E-state index in [0.717, 1.165) is 10.5 Å². The number of aliphatic hydroxyl groups is 1. The van der Waals surface area contributed by atoms with Gasteiger partial charge in [0.05, 0.1) is 60.6 Å². The molecule has 0 spiro atoms. The van der Waals surface area contributed by atoms with Crippen molar-refractivity contribution in [1.82, 2.24) is 35.7 Å². The number of ether oxygens (including phenoxy) is 2. The van der Waals surface area contributed by atoms with Gasteiger partial charge in [-0.2, -0.15) is 0 Å². The van der Waals surface area contributed by atoms with E-state index >= 15 is 4.39 Å². The van der Waals surface area contributed by atoms with Crippen molar-refractivity contribution in [3.8, 4) is 11.4 Å². The molecule has 4 atom stereocenters. The van der Waals surface area contributed by atoms with Crippen LogP contribution in [0.3, 0.4) is 0 Å². The van der Waals surface area contributed by atoms with Crippen molar-refractivity contribution >= 4 is 69.9 Å². The van der Waals surface area contributed by atoms with E-state index in [9.17, 15) is 57.8 Å². The number of halogens is 1. The van der Waals surface area contributed by atoms with Crippen LogP contribution in [0.15, 0.2) is 59.4 Å². The number of nitrogens with zero attached hydrogens (tertiary/aromatic N) is 3. The number of imide groups is 1. The molecule has 0 saturated heterocycles. The lowest BCUT2D eigenvalue weighted by atomic mass is 9.81. The number of nitrogens with one attached hydrogen (secondary N) is 4. The summed E-state index contributed by atoms with van der Waals surface area (Å²) in [6.45, 7) is 7.07. The Hall–Kier alpha value is -8.27. The van der Waals surface area contributed by atoms with Gasteiger partial charge < -0.3 is 40.4 Å². The zero-order chi connectivity index (χ0) is 58.5. The Morgan fingerprint density at radius 2 is 1.60 bits per heavy atom. The highest BCUT2D eigenvalue weighted by atomic mass is 19.1. The molecule has 22 heteroatoms. The SMILES string of the molecule is CC[C@@]1(O)C(=O)OCc2c1cc1n(c2=O)Cc2c-1nc1cc(F)c(C)c3c1c2C(NC(=O)CNC(=O)[C@@H](CC(=O)CNC(=O)CCC(=O)[C@H](CC(=O)OC(C)(C)C)NC(=O)CCCCCN1C(=O)C=CC1=O)Cc1ccccc1)CC3. The maximum absolute atomic E-state index is 15.5. The molecule has 428 valence electrons. The second kappa shape index (κ2) is 24.6. The average Bonchev–Trinajstić information content (AvgIpc) is 2.41. The number of carbonyl (C=O) groups excluding carboxylic acids is 10. The van der Waals surface area contributed by atoms with Gasteiger partial charge in [-0.15, -0.1) is 0 Å². The molecule has 0 radical (unpaired) electrons. The summed E-state index contributed by atoms with van der Waals surface area (Å²) in [6, 6.07) is 9.73. The molecule has 1 aliphatic carbocycles. The van der Waals surface area contributed by atoms with Crippen LogP contribution in [-0.4, -0.2) is 110 Å². The van der Waals surface area contributed by atoms with Crippen LogP contribution in [0.2, 0.25) is 0 Å². The number of benzene rings is 2. The minimum Gasteiger partial charge on any atom is -0.460 e. The number of hydrogen-bond donors (Lipinski definition) is 5. The molecule has 0 bridgehead atoms. The number of unbranched alkanes of at least 4 members (excludes halogenated alkanes) is 2. The van der Waals surface area contributed by atoms with Gasteiger partial charge in [-0.25, -0.2) is 14.2 Å². The van der Waals surface area contributed by atoms with Crippen LogP contribution in [0.1, 0.15) is 137 Å². The largest absolute Gasteiger partial charge is 0.460 e. The minimum absolute atomic E-state index is 0.0205. The standard InChI is InChI=1S/C59H66FN7O14/c1-6-59(79)39-25-44-54-37(30-67(44)56(77)38(39)31-80-57(59)78)53-41(17-16-36-32(2)40(60)26-43(65-54)52(36)53)63-48(72)29-62-55(76)34(23-33-13-9-7-10-14-33)24-35(68)28-61-46(70)19-18-45(69)42(27-51(75)81-58(3,4)5)64-47(71)15-11-8-12-22-66-49(73)20-21-50(66)74/h7,9-10,13-14,20-21,25-26,34,41-42,79H,6,8,11-12,15-19,22-24,27-31H2,1-5H3,(H,61,70)(H,62,76)(H,63,72)(H,64,71)/t34-,41?,42+,59+/m1/s1. The van der Waals surface area contributed by atoms with E-state index in [0.29, 0.717) is 71.1 Å². The summed E-state index contributed by atoms with van der Waals surface area (Å²) in [6.07, 6.45) is 2.75. The molecule has 0 saturated carbocycles. The van der Waals surface area contributed by atoms with E-state index in [-0.39, 0.29) is 62.0 Å². The lowest BCUT2D eigenvalue weighted by Crippen LogP contribution is -2.44. The summed E-state index contributed by atoms with van der Waals surface area (Å²) >= 11 is 0. The van der Waals surface area contributed by atoms with Gasteiger partial charge in [-0.1, -0.05) is 43.7 Å². The van der Waals surface area contributed by atoms with E-state index < -0.39 is 132 Å². The van der Waals surface area contributed by atoms with Gasteiger partial charge >= 0.3 is 11.9 Å². The normalized spacial score (nSPS) is 17.6. The molecule has 6 amide bonds. The monoisotopic (exact) mass is 1120 g/mol. The highest BCUT2D eigenvalue weighted by molar-refractivity contribution is 6.12. The number of aryl methyl sites for hydroxylation is 1. The first-order valence-electron chi connectivity index (χ1n) is 27.2. The van der Waals surface area contributed by atoms with Gasteiger partial charge in [0.15, 0.2) is 17.2 Å².